The molecule has 132 valence electrons. The van der Waals surface area contributed by atoms with Gasteiger partial charge in [0.2, 0.25) is 11.8 Å². The molecule has 3 atom stereocenters. The molecule has 3 rings (SSSR count). The molecule has 0 aliphatic heterocycles. The van der Waals surface area contributed by atoms with Gasteiger partial charge in [-0.3, -0.25) is 9.59 Å². The summed E-state index contributed by atoms with van der Waals surface area (Å²) in [5, 5.41) is -0.168. The number of carbonyl (C=O) groups excluding carboxylic acids is 2. The van der Waals surface area contributed by atoms with Crippen molar-refractivity contribution in [1.29, 1.82) is 0 Å². The quantitative estimate of drug-likeness (QED) is 0.861. The Morgan fingerprint density at radius 3 is 2.48 bits per heavy atom. The summed E-state index contributed by atoms with van der Waals surface area (Å²) in [7, 11) is 0. The van der Waals surface area contributed by atoms with Crippen LogP contribution in [0.4, 0.5) is 8.78 Å². The molecular formula is C18H17ClF2N2O2. The van der Waals surface area contributed by atoms with Crippen LogP contribution in [0.5, 0.6) is 0 Å². The van der Waals surface area contributed by atoms with Crippen LogP contribution in [0.25, 0.3) is 0 Å². The van der Waals surface area contributed by atoms with Crippen molar-refractivity contribution < 1.29 is 18.4 Å². The molecule has 1 saturated carbocycles. The standard InChI is InChI=1S/C18H17ClF2N2O2/c1-17(15(22)24)6-4-10-14(17)13(21)5-7-18(10,16(23)25)9-2-3-12(20)11(19)8-9/h2-3,5,7-8,10H,4,6H2,1H3,(H2,22,24)(H2,23,25). The third kappa shape index (κ3) is 2.31. The van der Waals surface area contributed by atoms with Gasteiger partial charge in [0.1, 0.15) is 11.6 Å². The summed E-state index contributed by atoms with van der Waals surface area (Å²) in [5.41, 5.74) is 9.09. The molecule has 0 heterocycles. The number of hydrogen-bond acceptors (Lipinski definition) is 2. The lowest BCUT2D eigenvalue weighted by Gasteiger charge is -2.39. The van der Waals surface area contributed by atoms with E-state index < -0.39 is 40.2 Å². The lowest BCUT2D eigenvalue weighted by molar-refractivity contribution is -0.125. The van der Waals surface area contributed by atoms with Crippen molar-refractivity contribution >= 4 is 23.4 Å². The van der Waals surface area contributed by atoms with Gasteiger partial charge < -0.3 is 11.5 Å². The lowest BCUT2D eigenvalue weighted by atomic mass is 9.63. The number of amides is 2. The topological polar surface area (TPSA) is 86.2 Å². The molecule has 3 unspecified atom stereocenters. The summed E-state index contributed by atoms with van der Waals surface area (Å²) in [6, 6.07) is 3.84. The van der Waals surface area contributed by atoms with Crippen molar-refractivity contribution in [2.45, 2.75) is 25.2 Å². The molecule has 2 amide bonds. The molecule has 7 heteroatoms. The average Bonchev–Trinajstić information content (AvgIpc) is 2.91. The number of benzene rings is 1. The predicted molar refractivity (Wildman–Crippen MR) is 89.6 cm³/mol. The molecule has 25 heavy (non-hydrogen) atoms. The van der Waals surface area contributed by atoms with Gasteiger partial charge in [0.05, 0.1) is 15.9 Å². The molecule has 0 saturated heterocycles. The Morgan fingerprint density at radius 1 is 1.24 bits per heavy atom. The summed E-state index contributed by atoms with van der Waals surface area (Å²) in [6.45, 7) is 1.56. The fourth-order valence-electron chi connectivity index (χ4n) is 4.10. The van der Waals surface area contributed by atoms with E-state index in [1.807, 2.05) is 0 Å². The second kappa shape index (κ2) is 5.66. The fraction of sp³-hybridized carbons (Fsp3) is 0.333. The normalized spacial score (nSPS) is 31.1. The first-order chi connectivity index (χ1) is 11.6. The average molecular weight is 367 g/mol. The zero-order valence-electron chi connectivity index (χ0n) is 13.5. The van der Waals surface area contributed by atoms with Crippen molar-refractivity contribution in [3.05, 3.63) is 58.2 Å². The number of allylic oxidation sites excluding steroid dienone is 2. The third-order valence-corrected chi connectivity index (χ3v) is 5.81. The van der Waals surface area contributed by atoms with E-state index >= 15 is 0 Å². The van der Waals surface area contributed by atoms with Gasteiger partial charge in [-0.1, -0.05) is 23.7 Å². The van der Waals surface area contributed by atoms with Gasteiger partial charge in [-0.2, -0.15) is 0 Å². The first-order valence-corrected chi connectivity index (χ1v) is 8.17. The second-order valence-corrected chi connectivity index (χ2v) is 7.15. The number of hydrogen-bond donors (Lipinski definition) is 2. The number of primary amides is 2. The first-order valence-electron chi connectivity index (χ1n) is 7.79. The SMILES string of the molecule is CC1(C(N)=O)CCC2C1=C(F)C=CC2(C(N)=O)c1ccc(F)c(Cl)c1. The lowest BCUT2D eigenvalue weighted by Crippen LogP contribution is -2.48. The highest BCUT2D eigenvalue weighted by molar-refractivity contribution is 6.30. The summed E-state index contributed by atoms with van der Waals surface area (Å²) < 4.78 is 28.2. The van der Waals surface area contributed by atoms with Gasteiger partial charge in [-0.05, 0) is 49.1 Å². The Hall–Kier alpha value is -2.21. The molecule has 0 bridgehead atoms. The molecule has 1 aromatic carbocycles. The molecule has 2 aliphatic carbocycles. The van der Waals surface area contributed by atoms with E-state index in [0.29, 0.717) is 18.4 Å². The molecule has 4 nitrogen and oxygen atoms in total. The maximum absolute atomic E-state index is 14.6. The molecule has 1 aromatic rings. The van der Waals surface area contributed by atoms with Crippen LogP contribution in [0.2, 0.25) is 5.02 Å². The van der Waals surface area contributed by atoms with E-state index in [-0.39, 0.29) is 10.6 Å². The predicted octanol–water partition coefficient (Wildman–Crippen LogP) is 2.90. The van der Waals surface area contributed by atoms with E-state index in [4.69, 9.17) is 23.1 Å². The van der Waals surface area contributed by atoms with Crippen LogP contribution < -0.4 is 11.5 Å². The van der Waals surface area contributed by atoms with E-state index in [9.17, 15) is 18.4 Å². The minimum Gasteiger partial charge on any atom is -0.369 e. The molecule has 2 aliphatic rings. The van der Waals surface area contributed by atoms with Crippen LogP contribution in [0.3, 0.4) is 0 Å². The molecule has 0 spiro atoms. The largest absolute Gasteiger partial charge is 0.369 e. The van der Waals surface area contributed by atoms with Crippen LogP contribution in [0.15, 0.2) is 41.8 Å². The summed E-state index contributed by atoms with van der Waals surface area (Å²) in [6.07, 6.45) is 3.13. The number of halogens is 3. The highest BCUT2D eigenvalue weighted by Crippen LogP contribution is 2.57. The smallest absolute Gasteiger partial charge is 0.232 e. The monoisotopic (exact) mass is 366 g/mol. The first kappa shape index (κ1) is 17.6. The van der Waals surface area contributed by atoms with Crippen LogP contribution in [0.1, 0.15) is 25.3 Å². The van der Waals surface area contributed by atoms with Gasteiger partial charge in [-0.15, -0.1) is 0 Å². The maximum Gasteiger partial charge on any atom is 0.232 e. The molecule has 4 N–H and O–H groups in total. The van der Waals surface area contributed by atoms with Crippen molar-refractivity contribution in [2.24, 2.45) is 22.8 Å². The van der Waals surface area contributed by atoms with E-state index in [1.54, 1.807) is 6.92 Å². The Kier molecular flexibility index (Phi) is 3.99. The van der Waals surface area contributed by atoms with Gasteiger partial charge in [0.25, 0.3) is 0 Å². The number of carbonyl (C=O) groups is 2. The van der Waals surface area contributed by atoms with E-state index in [2.05, 4.69) is 0 Å². The van der Waals surface area contributed by atoms with Crippen LogP contribution in [0, 0.1) is 17.2 Å². The Morgan fingerprint density at radius 2 is 1.92 bits per heavy atom. The van der Waals surface area contributed by atoms with Crippen molar-refractivity contribution in [3.8, 4) is 0 Å². The zero-order chi connectivity index (χ0) is 18.6. The number of nitrogens with two attached hydrogens (primary N) is 2. The highest BCUT2D eigenvalue weighted by Gasteiger charge is 2.57. The Balaban J connectivity index is 2.24. The maximum atomic E-state index is 14.6. The molecule has 0 radical (unpaired) electrons. The van der Waals surface area contributed by atoms with Gasteiger partial charge in [0, 0.05) is 5.92 Å². The van der Waals surface area contributed by atoms with Crippen molar-refractivity contribution in [1.82, 2.24) is 0 Å². The van der Waals surface area contributed by atoms with E-state index in [0.717, 1.165) is 12.1 Å². The van der Waals surface area contributed by atoms with Gasteiger partial charge >= 0.3 is 0 Å². The molecule has 0 aromatic heterocycles. The van der Waals surface area contributed by atoms with Crippen LogP contribution >= 0.6 is 11.6 Å². The molecular weight excluding hydrogens is 350 g/mol. The summed E-state index contributed by atoms with van der Waals surface area (Å²) >= 11 is 5.87. The molecule has 1 fully saturated rings. The van der Waals surface area contributed by atoms with Crippen molar-refractivity contribution in [3.63, 3.8) is 0 Å². The number of fused-ring (bicyclic) bond motifs is 1. The highest BCUT2D eigenvalue weighted by atomic mass is 35.5. The van der Waals surface area contributed by atoms with Crippen molar-refractivity contribution in [2.75, 3.05) is 0 Å². The Bertz CT molecular complexity index is 851. The summed E-state index contributed by atoms with van der Waals surface area (Å²) in [5.74, 6) is -3.30. The minimum absolute atomic E-state index is 0.168. The second-order valence-electron chi connectivity index (χ2n) is 6.74. The minimum atomic E-state index is -1.42. The van der Waals surface area contributed by atoms with Crippen LogP contribution in [-0.2, 0) is 15.0 Å². The third-order valence-electron chi connectivity index (χ3n) is 5.52. The number of rotatable bonds is 3. The Labute approximate surface area is 148 Å². The summed E-state index contributed by atoms with van der Waals surface area (Å²) in [4.78, 5) is 24.4. The van der Waals surface area contributed by atoms with E-state index in [1.165, 1.54) is 18.2 Å². The van der Waals surface area contributed by atoms with Gasteiger partial charge in [-0.25, -0.2) is 8.78 Å². The van der Waals surface area contributed by atoms with Gasteiger partial charge in [0.15, 0.2) is 0 Å². The fourth-order valence-corrected chi connectivity index (χ4v) is 4.28. The zero-order valence-corrected chi connectivity index (χ0v) is 14.2. The van der Waals surface area contributed by atoms with Crippen LogP contribution in [-0.4, -0.2) is 11.8 Å².